The Morgan fingerprint density at radius 1 is 1.22 bits per heavy atom. The predicted octanol–water partition coefficient (Wildman–Crippen LogP) is 1.01. The summed E-state index contributed by atoms with van der Waals surface area (Å²) in [6, 6.07) is 0.892. The fourth-order valence-electron chi connectivity index (χ4n) is 3.46. The molecule has 0 saturated carbocycles. The molecule has 3 N–H and O–H groups in total. The summed E-state index contributed by atoms with van der Waals surface area (Å²) in [5.41, 5.74) is 4.56. The van der Waals surface area contributed by atoms with Crippen molar-refractivity contribution >= 4 is 12.0 Å². The van der Waals surface area contributed by atoms with E-state index in [9.17, 15) is 9.59 Å². The number of carbonyl (C=O) groups excluding carboxylic acids is 2. The van der Waals surface area contributed by atoms with Gasteiger partial charge in [-0.3, -0.25) is 4.79 Å². The first-order chi connectivity index (χ1) is 10.8. The van der Waals surface area contributed by atoms with Crippen LogP contribution in [0, 0.1) is 0 Å². The standard InChI is InChI=1S/C16H29N3O4/c1-16(2,3)23-15(21)19-12-4-5-13(19)9-11(8-12)18-6-7-22-10-14(17)20/h11-13,18H,4-10H2,1-3H3,(H2,17,20). The Morgan fingerprint density at radius 2 is 1.83 bits per heavy atom. The Bertz CT molecular complexity index is 422. The molecule has 23 heavy (non-hydrogen) atoms. The quantitative estimate of drug-likeness (QED) is 0.710. The molecule has 2 aliphatic rings. The number of fused-ring (bicyclic) bond motifs is 2. The molecule has 7 nitrogen and oxygen atoms in total. The summed E-state index contributed by atoms with van der Waals surface area (Å²) in [5, 5.41) is 3.45. The molecule has 2 fully saturated rings. The highest BCUT2D eigenvalue weighted by molar-refractivity contribution is 5.74. The SMILES string of the molecule is CC(C)(C)OC(=O)N1C2CCC1CC(NCCOCC(N)=O)C2. The third-order valence-corrected chi connectivity index (χ3v) is 4.26. The van der Waals surface area contributed by atoms with Crippen molar-refractivity contribution in [1.82, 2.24) is 10.2 Å². The second-order valence-electron chi connectivity index (χ2n) is 7.41. The molecule has 0 aliphatic carbocycles. The molecule has 0 aromatic rings. The van der Waals surface area contributed by atoms with E-state index in [1.165, 1.54) is 0 Å². The molecule has 2 bridgehead atoms. The zero-order chi connectivity index (χ0) is 17.0. The van der Waals surface area contributed by atoms with Gasteiger partial charge in [-0.15, -0.1) is 0 Å². The number of hydrogen-bond donors (Lipinski definition) is 2. The molecule has 0 aromatic carbocycles. The molecule has 2 rings (SSSR count). The number of carbonyl (C=O) groups is 2. The molecule has 2 heterocycles. The Morgan fingerprint density at radius 3 is 2.35 bits per heavy atom. The van der Waals surface area contributed by atoms with Gasteiger partial charge in [0.1, 0.15) is 12.2 Å². The van der Waals surface area contributed by atoms with Crippen molar-refractivity contribution in [2.75, 3.05) is 19.8 Å². The van der Waals surface area contributed by atoms with Crippen LogP contribution in [-0.4, -0.2) is 60.4 Å². The molecule has 132 valence electrons. The summed E-state index contributed by atoms with van der Waals surface area (Å²) in [6.45, 7) is 6.80. The Balaban J connectivity index is 1.76. The molecular formula is C16H29N3O4. The minimum Gasteiger partial charge on any atom is -0.444 e. The highest BCUT2D eigenvalue weighted by Gasteiger charge is 2.44. The van der Waals surface area contributed by atoms with Crippen LogP contribution < -0.4 is 11.1 Å². The molecule has 2 unspecified atom stereocenters. The van der Waals surface area contributed by atoms with Gasteiger partial charge in [0.15, 0.2) is 0 Å². The van der Waals surface area contributed by atoms with E-state index in [4.69, 9.17) is 15.2 Å². The van der Waals surface area contributed by atoms with Gasteiger partial charge >= 0.3 is 6.09 Å². The summed E-state index contributed by atoms with van der Waals surface area (Å²) in [6.07, 6.45) is 3.77. The first-order valence-electron chi connectivity index (χ1n) is 8.37. The Kier molecular flexibility index (Phi) is 5.86. The van der Waals surface area contributed by atoms with Gasteiger partial charge in [0, 0.05) is 24.7 Å². The van der Waals surface area contributed by atoms with Crippen molar-refractivity contribution in [2.45, 2.75) is 70.2 Å². The van der Waals surface area contributed by atoms with Crippen molar-refractivity contribution < 1.29 is 19.1 Å². The summed E-state index contributed by atoms with van der Waals surface area (Å²) >= 11 is 0. The summed E-state index contributed by atoms with van der Waals surface area (Å²) in [5.74, 6) is -0.450. The number of ether oxygens (including phenoxy) is 2. The highest BCUT2D eigenvalue weighted by atomic mass is 16.6. The van der Waals surface area contributed by atoms with E-state index in [2.05, 4.69) is 5.32 Å². The highest BCUT2D eigenvalue weighted by Crippen LogP contribution is 2.36. The minimum atomic E-state index is -0.455. The zero-order valence-electron chi connectivity index (χ0n) is 14.3. The fraction of sp³-hybridized carbons (Fsp3) is 0.875. The molecule has 0 spiro atoms. The van der Waals surface area contributed by atoms with Crippen molar-refractivity contribution in [3.05, 3.63) is 0 Å². The van der Waals surface area contributed by atoms with Gasteiger partial charge in [-0.05, 0) is 46.5 Å². The lowest BCUT2D eigenvalue weighted by Crippen LogP contribution is -2.53. The Hall–Kier alpha value is -1.34. The van der Waals surface area contributed by atoms with Crippen LogP contribution in [0.25, 0.3) is 0 Å². The summed E-state index contributed by atoms with van der Waals surface area (Å²) in [4.78, 5) is 24.9. The summed E-state index contributed by atoms with van der Waals surface area (Å²) < 4.78 is 10.7. The average Bonchev–Trinajstić information content (AvgIpc) is 2.68. The lowest BCUT2D eigenvalue weighted by Gasteiger charge is -2.39. The number of primary amides is 1. The van der Waals surface area contributed by atoms with E-state index < -0.39 is 11.5 Å². The van der Waals surface area contributed by atoms with Crippen LogP contribution in [-0.2, 0) is 14.3 Å². The fourth-order valence-corrected chi connectivity index (χ4v) is 3.46. The number of nitrogens with one attached hydrogen (secondary N) is 1. The number of rotatable bonds is 6. The van der Waals surface area contributed by atoms with E-state index >= 15 is 0 Å². The van der Waals surface area contributed by atoms with Crippen LogP contribution >= 0.6 is 0 Å². The number of hydrogen-bond acceptors (Lipinski definition) is 5. The van der Waals surface area contributed by atoms with E-state index in [-0.39, 0.29) is 24.8 Å². The number of nitrogens with zero attached hydrogens (tertiary/aromatic N) is 1. The van der Waals surface area contributed by atoms with Crippen LogP contribution in [0.5, 0.6) is 0 Å². The molecule has 7 heteroatoms. The smallest absolute Gasteiger partial charge is 0.410 e. The number of piperidine rings is 1. The van der Waals surface area contributed by atoms with Crippen molar-refractivity contribution in [2.24, 2.45) is 5.73 Å². The molecule has 0 radical (unpaired) electrons. The maximum atomic E-state index is 12.4. The van der Waals surface area contributed by atoms with E-state index in [1.807, 2.05) is 25.7 Å². The van der Waals surface area contributed by atoms with Crippen LogP contribution in [0.2, 0.25) is 0 Å². The first-order valence-corrected chi connectivity index (χ1v) is 8.37. The van der Waals surface area contributed by atoms with Gasteiger partial charge in [0.2, 0.25) is 5.91 Å². The van der Waals surface area contributed by atoms with E-state index in [0.717, 1.165) is 25.7 Å². The molecule has 2 aliphatic heterocycles. The minimum absolute atomic E-state index is 0.0377. The monoisotopic (exact) mass is 327 g/mol. The topological polar surface area (TPSA) is 93.9 Å². The normalized spacial score (nSPS) is 27.1. The van der Waals surface area contributed by atoms with Gasteiger partial charge in [-0.1, -0.05) is 0 Å². The maximum absolute atomic E-state index is 12.4. The van der Waals surface area contributed by atoms with Crippen molar-refractivity contribution in [1.29, 1.82) is 0 Å². The van der Waals surface area contributed by atoms with Gasteiger partial charge in [0.05, 0.1) is 6.61 Å². The lowest BCUT2D eigenvalue weighted by atomic mass is 9.98. The lowest BCUT2D eigenvalue weighted by molar-refractivity contribution is -0.122. The Labute approximate surface area is 137 Å². The second-order valence-corrected chi connectivity index (χ2v) is 7.41. The molecule has 2 atom stereocenters. The number of nitrogens with two attached hydrogens (primary N) is 1. The van der Waals surface area contributed by atoms with Crippen LogP contribution in [0.3, 0.4) is 0 Å². The average molecular weight is 327 g/mol. The van der Waals surface area contributed by atoms with E-state index in [0.29, 0.717) is 19.2 Å². The van der Waals surface area contributed by atoms with Gasteiger partial charge in [-0.25, -0.2) is 4.79 Å². The predicted molar refractivity (Wildman–Crippen MR) is 85.9 cm³/mol. The number of amides is 2. The molecule has 2 saturated heterocycles. The van der Waals surface area contributed by atoms with Gasteiger partial charge < -0.3 is 25.4 Å². The van der Waals surface area contributed by atoms with Crippen LogP contribution in [0.4, 0.5) is 4.79 Å². The van der Waals surface area contributed by atoms with Crippen LogP contribution in [0.1, 0.15) is 46.5 Å². The van der Waals surface area contributed by atoms with Crippen molar-refractivity contribution in [3.8, 4) is 0 Å². The zero-order valence-corrected chi connectivity index (χ0v) is 14.3. The van der Waals surface area contributed by atoms with Gasteiger partial charge in [-0.2, -0.15) is 0 Å². The third kappa shape index (κ3) is 5.35. The summed E-state index contributed by atoms with van der Waals surface area (Å²) in [7, 11) is 0. The largest absolute Gasteiger partial charge is 0.444 e. The maximum Gasteiger partial charge on any atom is 0.410 e. The van der Waals surface area contributed by atoms with Gasteiger partial charge in [0.25, 0.3) is 0 Å². The third-order valence-electron chi connectivity index (χ3n) is 4.26. The molecule has 2 amide bonds. The van der Waals surface area contributed by atoms with Crippen molar-refractivity contribution in [3.63, 3.8) is 0 Å². The van der Waals surface area contributed by atoms with E-state index in [1.54, 1.807) is 0 Å². The molecule has 0 aromatic heterocycles. The molecular weight excluding hydrogens is 298 g/mol. The van der Waals surface area contributed by atoms with Crippen LogP contribution in [0.15, 0.2) is 0 Å². The first kappa shape index (κ1) is 18.0. The second kappa shape index (κ2) is 7.49.